The zero-order valence-corrected chi connectivity index (χ0v) is 19.3. The number of unbranched alkanes of at least 4 members (excludes halogenated alkanes) is 11. The first-order valence-electron chi connectivity index (χ1n) is 9.68. The van der Waals surface area contributed by atoms with Crippen molar-refractivity contribution in [1.29, 1.82) is 0 Å². The topological polar surface area (TPSA) is 74.6 Å². The standard InChI is InChI=1S/C12H26.C5H11.C3H4O4.Na/c1-3-5-7-9-11-12-10-8-6-4-2;1-3-5-4-2;4-2(5)1-3(6)7;/h3-12H2,1-2H3;1,3-5H2,2H3;1H2,(H,4,5)(H,6,7);/q;-1;;+1. The van der Waals surface area contributed by atoms with Gasteiger partial charge in [-0.25, -0.2) is 0 Å². The van der Waals surface area contributed by atoms with E-state index in [2.05, 4.69) is 27.7 Å². The third-order valence-corrected chi connectivity index (χ3v) is 3.36. The molecule has 0 saturated heterocycles. The Morgan fingerprint density at radius 1 is 0.640 bits per heavy atom. The van der Waals surface area contributed by atoms with Gasteiger partial charge in [0.1, 0.15) is 6.42 Å². The van der Waals surface area contributed by atoms with Gasteiger partial charge in [0.25, 0.3) is 0 Å². The summed E-state index contributed by atoms with van der Waals surface area (Å²) in [5.74, 6) is -2.62. The van der Waals surface area contributed by atoms with E-state index < -0.39 is 18.4 Å². The largest absolute Gasteiger partial charge is 1.00 e. The molecule has 0 radical (unpaired) electrons. The molecule has 2 N–H and O–H groups in total. The number of aliphatic carboxylic acids is 2. The van der Waals surface area contributed by atoms with E-state index in [-0.39, 0.29) is 29.6 Å². The van der Waals surface area contributed by atoms with Crippen LogP contribution in [0.2, 0.25) is 0 Å². The first-order valence-corrected chi connectivity index (χ1v) is 9.68. The van der Waals surface area contributed by atoms with E-state index in [1.807, 2.05) is 0 Å². The molecule has 0 atom stereocenters. The maximum Gasteiger partial charge on any atom is 1.00 e. The van der Waals surface area contributed by atoms with Crippen molar-refractivity contribution in [3.63, 3.8) is 0 Å². The fourth-order valence-electron chi connectivity index (χ4n) is 1.94. The number of carboxylic acids is 2. The fraction of sp³-hybridized carbons (Fsp3) is 0.850. The van der Waals surface area contributed by atoms with Crippen LogP contribution in [-0.2, 0) is 9.59 Å². The molecule has 4 nitrogen and oxygen atoms in total. The van der Waals surface area contributed by atoms with Gasteiger partial charge in [0.15, 0.2) is 0 Å². The first kappa shape index (κ1) is 32.6. The molecule has 0 aromatic carbocycles. The average Bonchev–Trinajstić information content (AvgIpc) is 2.51. The minimum absolute atomic E-state index is 0. The van der Waals surface area contributed by atoms with E-state index in [0.29, 0.717) is 0 Å². The maximum absolute atomic E-state index is 9.43. The molecule has 0 saturated carbocycles. The summed E-state index contributed by atoms with van der Waals surface area (Å²) in [5.41, 5.74) is 0. The van der Waals surface area contributed by atoms with Crippen molar-refractivity contribution < 1.29 is 49.4 Å². The van der Waals surface area contributed by atoms with Gasteiger partial charge in [-0.3, -0.25) is 9.59 Å². The molecule has 0 aromatic rings. The maximum atomic E-state index is 9.43. The van der Waals surface area contributed by atoms with Crippen LogP contribution in [0.25, 0.3) is 0 Å². The predicted molar refractivity (Wildman–Crippen MR) is 102 cm³/mol. The van der Waals surface area contributed by atoms with Crippen LogP contribution in [0.5, 0.6) is 0 Å². The quantitative estimate of drug-likeness (QED) is 0.226. The predicted octanol–water partition coefficient (Wildman–Crippen LogP) is 3.49. The molecular weight excluding hydrogens is 327 g/mol. The molecule has 0 spiro atoms. The molecule has 5 heteroatoms. The van der Waals surface area contributed by atoms with Crippen LogP contribution in [0.1, 0.15) is 111 Å². The molecule has 0 heterocycles. The smallest absolute Gasteiger partial charge is 0.481 e. The van der Waals surface area contributed by atoms with E-state index in [1.54, 1.807) is 0 Å². The van der Waals surface area contributed by atoms with Crippen molar-refractivity contribution in [2.75, 3.05) is 0 Å². The Morgan fingerprint density at radius 3 is 1.04 bits per heavy atom. The second kappa shape index (κ2) is 31.7. The van der Waals surface area contributed by atoms with Crippen molar-refractivity contribution in [1.82, 2.24) is 0 Å². The Balaban J connectivity index is -0.000000145. The van der Waals surface area contributed by atoms with Crippen LogP contribution >= 0.6 is 0 Å². The number of carbonyl (C=O) groups is 2. The Bertz CT molecular complexity index is 234. The minimum Gasteiger partial charge on any atom is -0.481 e. The Kier molecular flexibility index (Phi) is 41.3. The molecule has 0 rings (SSSR count). The third-order valence-electron chi connectivity index (χ3n) is 3.36. The van der Waals surface area contributed by atoms with E-state index >= 15 is 0 Å². The van der Waals surface area contributed by atoms with E-state index in [1.165, 1.54) is 77.0 Å². The van der Waals surface area contributed by atoms with Crippen molar-refractivity contribution in [2.24, 2.45) is 0 Å². The van der Waals surface area contributed by atoms with Crippen LogP contribution in [0.15, 0.2) is 0 Å². The van der Waals surface area contributed by atoms with Crippen LogP contribution in [0.3, 0.4) is 0 Å². The van der Waals surface area contributed by atoms with Crippen LogP contribution in [0, 0.1) is 6.92 Å². The fourth-order valence-corrected chi connectivity index (χ4v) is 1.94. The first-order chi connectivity index (χ1) is 11.5. The Hall–Kier alpha value is -0.0600. The monoisotopic (exact) mass is 368 g/mol. The van der Waals surface area contributed by atoms with Gasteiger partial charge >= 0.3 is 41.5 Å². The van der Waals surface area contributed by atoms with Gasteiger partial charge in [-0.2, -0.15) is 6.42 Å². The van der Waals surface area contributed by atoms with E-state index in [4.69, 9.17) is 10.2 Å². The zero-order chi connectivity index (χ0) is 19.1. The van der Waals surface area contributed by atoms with Crippen LogP contribution in [0.4, 0.5) is 0 Å². The molecule has 0 unspecified atom stereocenters. The molecule has 0 fully saturated rings. The molecule has 146 valence electrons. The molecule has 25 heavy (non-hydrogen) atoms. The average molecular weight is 369 g/mol. The minimum atomic E-state index is -1.31. The normalized spacial score (nSPS) is 8.96. The Labute approximate surface area is 178 Å². The van der Waals surface area contributed by atoms with Gasteiger partial charge in [-0.05, 0) is 0 Å². The van der Waals surface area contributed by atoms with Crippen molar-refractivity contribution in [3.8, 4) is 0 Å². The van der Waals surface area contributed by atoms with Gasteiger partial charge < -0.3 is 17.1 Å². The second-order valence-corrected chi connectivity index (χ2v) is 6.00. The molecule has 0 aromatic heterocycles. The molecule has 0 amide bonds. The molecule has 0 bridgehead atoms. The number of hydrogen-bond acceptors (Lipinski definition) is 2. The Morgan fingerprint density at radius 2 is 0.920 bits per heavy atom. The number of hydrogen-bond donors (Lipinski definition) is 2. The molecule has 0 aliphatic rings. The summed E-state index contributed by atoms with van der Waals surface area (Å²) < 4.78 is 0. The van der Waals surface area contributed by atoms with Gasteiger partial charge in [0, 0.05) is 0 Å². The van der Waals surface area contributed by atoms with Crippen LogP contribution in [-0.4, -0.2) is 22.2 Å². The summed E-state index contributed by atoms with van der Waals surface area (Å²) in [6.07, 6.45) is 17.3. The SMILES string of the molecule is CCCCCCCCCCCC.O=C(O)CC(=O)O.[CH2-]CCCC.[Na+]. The molecular formula is C20H41NaO4. The van der Waals surface area contributed by atoms with E-state index in [0.717, 1.165) is 6.42 Å². The zero-order valence-electron chi connectivity index (χ0n) is 17.3. The van der Waals surface area contributed by atoms with Crippen molar-refractivity contribution in [2.45, 2.75) is 111 Å². The summed E-state index contributed by atoms with van der Waals surface area (Å²) in [6.45, 7) is 10.4. The van der Waals surface area contributed by atoms with Gasteiger partial charge in [-0.1, -0.05) is 97.8 Å². The number of rotatable bonds is 13. The third kappa shape index (κ3) is 51.6. The van der Waals surface area contributed by atoms with Crippen molar-refractivity contribution in [3.05, 3.63) is 6.92 Å². The number of carboxylic acid groups (broad SMARTS) is 2. The summed E-state index contributed by atoms with van der Waals surface area (Å²) >= 11 is 0. The van der Waals surface area contributed by atoms with Crippen molar-refractivity contribution >= 4 is 11.9 Å². The molecule has 0 aliphatic carbocycles. The summed E-state index contributed by atoms with van der Waals surface area (Å²) in [5, 5.41) is 15.4. The van der Waals surface area contributed by atoms with Crippen LogP contribution < -0.4 is 29.6 Å². The summed E-state index contributed by atoms with van der Waals surface area (Å²) in [7, 11) is 0. The van der Waals surface area contributed by atoms with Gasteiger partial charge in [-0.15, -0.1) is 0 Å². The van der Waals surface area contributed by atoms with Gasteiger partial charge in [0.2, 0.25) is 0 Å². The second-order valence-electron chi connectivity index (χ2n) is 6.00. The summed E-state index contributed by atoms with van der Waals surface area (Å²) in [6, 6.07) is 0. The van der Waals surface area contributed by atoms with Gasteiger partial charge in [0.05, 0.1) is 0 Å². The van der Waals surface area contributed by atoms with E-state index in [9.17, 15) is 9.59 Å². The summed E-state index contributed by atoms with van der Waals surface area (Å²) in [4.78, 5) is 18.9. The molecule has 0 aliphatic heterocycles.